The van der Waals surface area contributed by atoms with Gasteiger partial charge in [0.2, 0.25) is 0 Å². The van der Waals surface area contributed by atoms with Gasteiger partial charge in [-0.2, -0.15) is 5.10 Å². The number of rotatable bonds is 3. The van der Waals surface area contributed by atoms with Crippen LogP contribution in [0.2, 0.25) is 0 Å². The Bertz CT molecular complexity index is 750. The summed E-state index contributed by atoms with van der Waals surface area (Å²) in [7, 11) is 1.57. The molecule has 0 aliphatic carbocycles. The number of hydrogen-bond donors (Lipinski definition) is 2. The smallest absolute Gasteiger partial charge is 0.192 e. The molecule has 0 bridgehead atoms. The zero-order valence-corrected chi connectivity index (χ0v) is 12.1. The first-order chi connectivity index (χ1) is 9.67. The molecular formula is C13H11BrN4O2. The van der Waals surface area contributed by atoms with Gasteiger partial charge in [-0.05, 0) is 46.3 Å². The van der Waals surface area contributed by atoms with Crippen molar-refractivity contribution in [2.24, 2.45) is 0 Å². The van der Waals surface area contributed by atoms with E-state index in [0.29, 0.717) is 33.5 Å². The second-order valence-corrected chi connectivity index (χ2v) is 4.85. The Kier molecular flexibility index (Phi) is 3.19. The van der Waals surface area contributed by atoms with E-state index in [9.17, 15) is 0 Å². The van der Waals surface area contributed by atoms with E-state index >= 15 is 0 Å². The van der Waals surface area contributed by atoms with Gasteiger partial charge in [0.1, 0.15) is 5.75 Å². The molecule has 1 aromatic carbocycles. The molecule has 0 fully saturated rings. The molecule has 6 nitrogen and oxygen atoms in total. The van der Waals surface area contributed by atoms with Crippen LogP contribution in [0.3, 0.4) is 0 Å². The van der Waals surface area contributed by atoms with E-state index in [1.807, 2.05) is 6.07 Å². The maximum absolute atomic E-state index is 5.88. The molecule has 7 heteroatoms. The van der Waals surface area contributed by atoms with Crippen LogP contribution < -0.4 is 10.5 Å². The molecular weight excluding hydrogens is 324 g/mol. The summed E-state index contributed by atoms with van der Waals surface area (Å²) in [5.74, 6) is 2.33. The van der Waals surface area contributed by atoms with Gasteiger partial charge in [-0.25, -0.2) is 4.98 Å². The van der Waals surface area contributed by atoms with Gasteiger partial charge in [-0.1, -0.05) is 0 Å². The third kappa shape index (κ3) is 2.27. The van der Waals surface area contributed by atoms with E-state index in [-0.39, 0.29) is 0 Å². The molecule has 0 aliphatic rings. The van der Waals surface area contributed by atoms with Gasteiger partial charge in [0.05, 0.1) is 12.8 Å². The van der Waals surface area contributed by atoms with Crippen molar-refractivity contribution in [2.45, 2.75) is 0 Å². The highest BCUT2D eigenvalue weighted by atomic mass is 79.9. The molecule has 2 heterocycles. The normalized spacial score (nSPS) is 10.7. The predicted molar refractivity (Wildman–Crippen MR) is 78.2 cm³/mol. The number of nitrogens with two attached hydrogens (primary N) is 1. The van der Waals surface area contributed by atoms with E-state index in [1.165, 1.54) is 0 Å². The highest BCUT2D eigenvalue weighted by Crippen LogP contribution is 2.28. The lowest BCUT2D eigenvalue weighted by Crippen LogP contribution is -1.93. The summed E-state index contributed by atoms with van der Waals surface area (Å²) in [4.78, 5) is 4.38. The van der Waals surface area contributed by atoms with Gasteiger partial charge in [0.15, 0.2) is 22.1 Å². The van der Waals surface area contributed by atoms with Crippen LogP contribution in [-0.4, -0.2) is 22.3 Å². The Balaban J connectivity index is 1.95. The number of H-pyrrole nitrogens is 1. The van der Waals surface area contributed by atoms with Crippen molar-refractivity contribution >= 4 is 21.6 Å². The van der Waals surface area contributed by atoms with Gasteiger partial charge in [0.25, 0.3) is 0 Å². The summed E-state index contributed by atoms with van der Waals surface area (Å²) in [5.41, 5.74) is 7.22. The van der Waals surface area contributed by atoms with Crippen LogP contribution in [-0.2, 0) is 0 Å². The highest BCUT2D eigenvalue weighted by molar-refractivity contribution is 9.10. The number of aromatic nitrogens is 3. The van der Waals surface area contributed by atoms with Crippen LogP contribution in [0.1, 0.15) is 0 Å². The topological polar surface area (TPSA) is 90.0 Å². The first kappa shape index (κ1) is 12.7. The van der Waals surface area contributed by atoms with Crippen molar-refractivity contribution in [3.05, 3.63) is 35.0 Å². The summed E-state index contributed by atoms with van der Waals surface area (Å²) >= 11 is 3.25. The quantitative estimate of drug-likeness (QED) is 0.718. The highest BCUT2D eigenvalue weighted by Gasteiger charge is 2.12. The fourth-order valence-electron chi connectivity index (χ4n) is 1.82. The molecule has 0 aliphatic heterocycles. The minimum absolute atomic E-state index is 0.539. The minimum atomic E-state index is 0.539. The van der Waals surface area contributed by atoms with Crippen molar-refractivity contribution in [2.75, 3.05) is 12.8 Å². The number of nitrogen functional groups attached to an aromatic ring is 1. The average Bonchev–Trinajstić information content (AvgIpc) is 3.07. The number of benzene rings is 1. The number of halogens is 1. The fourth-order valence-corrected chi connectivity index (χ4v) is 2.12. The van der Waals surface area contributed by atoms with Crippen LogP contribution in [0.5, 0.6) is 5.75 Å². The number of anilines is 1. The van der Waals surface area contributed by atoms with E-state index in [2.05, 4.69) is 31.1 Å². The Labute approximate surface area is 123 Å². The lowest BCUT2D eigenvalue weighted by Gasteiger charge is -2.04. The number of hydrogen-bond acceptors (Lipinski definition) is 5. The summed E-state index contributed by atoms with van der Waals surface area (Å²) in [6, 6.07) is 8.99. The molecule has 0 atom stereocenters. The first-order valence-electron chi connectivity index (χ1n) is 5.79. The summed E-state index contributed by atoms with van der Waals surface area (Å²) in [6.45, 7) is 0. The molecule has 0 spiro atoms. The van der Waals surface area contributed by atoms with Crippen LogP contribution in [0.25, 0.3) is 23.0 Å². The Morgan fingerprint density at radius 1 is 1.30 bits per heavy atom. The van der Waals surface area contributed by atoms with Crippen molar-refractivity contribution in [1.82, 2.24) is 15.2 Å². The maximum Gasteiger partial charge on any atom is 0.192 e. The largest absolute Gasteiger partial charge is 0.495 e. The molecule has 102 valence electrons. The lowest BCUT2D eigenvalue weighted by molar-refractivity contribution is 0.417. The molecule has 0 radical (unpaired) electrons. The van der Waals surface area contributed by atoms with Crippen LogP contribution in [0.15, 0.2) is 39.4 Å². The van der Waals surface area contributed by atoms with Crippen molar-refractivity contribution in [1.29, 1.82) is 0 Å². The minimum Gasteiger partial charge on any atom is -0.495 e. The van der Waals surface area contributed by atoms with Gasteiger partial charge in [-0.3, -0.25) is 5.10 Å². The summed E-state index contributed by atoms with van der Waals surface area (Å²) < 4.78 is 11.2. The Hall–Kier alpha value is -2.28. The number of methoxy groups -OCH3 is 1. The van der Waals surface area contributed by atoms with Crippen molar-refractivity contribution in [3.8, 4) is 28.7 Å². The fraction of sp³-hybridized carbons (Fsp3) is 0.0769. The SMILES string of the molecule is COc1ccc(-c2n[nH]c(-c3ccc(Br)o3)n2)cc1N. The van der Waals surface area contributed by atoms with E-state index in [0.717, 1.165) is 5.56 Å². The predicted octanol–water partition coefficient (Wildman–Crippen LogP) is 3.09. The molecule has 3 N–H and O–H groups in total. The molecule has 0 saturated heterocycles. The molecule has 20 heavy (non-hydrogen) atoms. The number of nitrogens with one attached hydrogen (secondary N) is 1. The number of aromatic amines is 1. The Morgan fingerprint density at radius 2 is 2.15 bits per heavy atom. The molecule has 0 amide bonds. The number of furan rings is 1. The monoisotopic (exact) mass is 334 g/mol. The van der Waals surface area contributed by atoms with E-state index in [1.54, 1.807) is 31.4 Å². The maximum atomic E-state index is 5.88. The van der Waals surface area contributed by atoms with Crippen LogP contribution in [0, 0.1) is 0 Å². The standard InChI is InChI=1S/C13H11BrN4O2/c1-19-9-3-2-7(6-8(9)15)12-16-13(18-17-12)10-4-5-11(14)20-10/h2-6H,15H2,1H3,(H,16,17,18). The van der Waals surface area contributed by atoms with Crippen LogP contribution in [0.4, 0.5) is 5.69 Å². The summed E-state index contributed by atoms with van der Waals surface area (Å²) in [6.07, 6.45) is 0. The van der Waals surface area contributed by atoms with Gasteiger partial charge in [0, 0.05) is 5.56 Å². The second kappa shape index (κ2) is 5.01. The zero-order valence-electron chi connectivity index (χ0n) is 10.6. The zero-order chi connectivity index (χ0) is 14.1. The Morgan fingerprint density at radius 3 is 2.80 bits per heavy atom. The van der Waals surface area contributed by atoms with Crippen molar-refractivity contribution < 1.29 is 9.15 Å². The molecule has 2 aromatic heterocycles. The summed E-state index contributed by atoms with van der Waals surface area (Å²) in [5, 5.41) is 7.00. The second-order valence-electron chi connectivity index (χ2n) is 4.07. The first-order valence-corrected chi connectivity index (χ1v) is 6.58. The molecule has 0 unspecified atom stereocenters. The van der Waals surface area contributed by atoms with Gasteiger partial charge < -0.3 is 14.9 Å². The molecule has 0 saturated carbocycles. The lowest BCUT2D eigenvalue weighted by atomic mass is 10.2. The average molecular weight is 335 g/mol. The van der Waals surface area contributed by atoms with Gasteiger partial charge >= 0.3 is 0 Å². The number of nitrogens with zero attached hydrogens (tertiary/aromatic N) is 2. The number of ether oxygens (including phenoxy) is 1. The van der Waals surface area contributed by atoms with E-state index < -0.39 is 0 Å². The van der Waals surface area contributed by atoms with Gasteiger partial charge in [-0.15, -0.1) is 0 Å². The molecule has 3 aromatic rings. The molecule has 3 rings (SSSR count). The third-order valence-electron chi connectivity index (χ3n) is 2.78. The van der Waals surface area contributed by atoms with E-state index in [4.69, 9.17) is 14.9 Å². The third-order valence-corrected chi connectivity index (χ3v) is 3.21. The van der Waals surface area contributed by atoms with Crippen molar-refractivity contribution in [3.63, 3.8) is 0 Å². The van der Waals surface area contributed by atoms with Crippen LogP contribution >= 0.6 is 15.9 Å².